The molecule has 1 atom stereocenters. The summed E-state index contributed by atoms with van der Waals surface area (Å²) < 4.78 is 10.6. The summed E-state index contributed by atoms with van der Waals surface area (Å²) in [6, 6.07) is 15.9. The number of methoxy groups -OCH3 is 2. The van der Waals surface area contributed by atoms with Crippen molar-refractivity contribution in [3.8, 4) is 17.2 Å². The zero-order chi connectivity index (χ0) is 21.4. The van der Waals surface area contributed by atoms with Crippen molar-refractivity contribution in [2.24, 2.45) is 0 Å². The summed E-state index contributed by atoms with van der Waals surface area (Å²) in [4.78, 5) is 10.5. The molecule has 1 aliphatic rings. The molecule has 0 fully saturated rings. The number of aromatic hydroxyl groups is 1. The topological polar surface area (TPSA) is 70.6 Å². The number of phenolic OH excluding ortho intramolecular Hbond substituents is 1. The zero-order valence-electron chi connectivity index (χ0n) is 17.6. The molecule has 0 amide bonds. The first-order valence-electron chi connectivity index (χ1n) is 10.4. The Balaban J connectivity index is 1.58. The summed E-state index contributed by atoms with van der Waals surface area (Å²) in [7, 11) is 3.26. The molecule has 2 N–H and O–H groups in total. The number of aromatic amines is 1. The van der Waals surface area contributed by atoms with Gasteiger partial charge in [0, 0.05) is 42.1 Å². The van der Waals surface area contributed by atoms with Gasteiger partial charge in [-0.25, -0.2) is 0 Å². The fourth-order valence-electron chi connectivity index (χ4n) is 4.60. The third kappa shape index (κ3) is 3.49. The Kier molecular flexibility index (Phi) is 5.00. The molecule has 0 radical (unpaired) electrons. The molecule has 6 heteroatoms. The van der Waals surface area contributed by atoms with E-state index < -0.39 is 0 Å². The molecule has 4 aromatic rings. The van der Waals surface area contributed by atoms with Gasteiger partial charge in [-0.1, -0.05) is 12.1 Å². The summed E-state index contributed by atoms with van der Waals surface area (Å²) in [6.07, 6.45) is 4.67. The van der Waals surface area contributed by atoms with Gasteiger partial charge < -0.3 is 19.6 Å². The quantitative estimate of drug-likeness (QED) is 0.505. The Labute approximate surface area is 181 Å². The van der Waals surface area contributed by atoms with Crippen LogP contribution in [-0.2, 0) is 13.0 Å². The minimum Gasteiger partial charge on any atom is -0.504 e. The van der Waals surface area contributed by atoms with Gasteiger partial charge in [0.2, 0.25) is 0 Å². The highest BCUT2D eigenvalue weighted by atomic mass is 16.5. The maximum atomic E-state index is 10.2. The Morgan fingerprint density at radius 3 is 2.77 bits per heavy atom. The van der Waals surface area contributed by atoms with Crippen molar-refractivity contribution in [3.63, 3.8) is 0 Å². The number of rotatable bonds is 5. The maximum Gasteiger partial charge on any atom is 0.160 e. The minimum absolute atomic E-state index is 0.0417. The Bertz CT molecular complexity index is 1220. The molecular formula is C25H25N3O3. The van der Waals surface area contributed by atoms with Crippen molar-refractivity contribution in [2.45, 2.75) is 19.0 Å². The van der Waals surface area contributed by atoms with Gasteiger partial charge in [0.25, 0.3) is 0 Å². The average molecular weight is 415 g/mol. The Morgan fingerprint density at radius 1 is 1.13 bits per heavy atom. The van der Waals surface area contributed by atoms with Crippen molar-refractivity contribution in [1.82, 2.24) is 14.9 Å². The van der Waals surface area contributed by atoms with E-state index in [-0.39, 0.29) is 11.8 Å². The van der Waals surface area contributed by atoms with Gasteiger partial charge in [-0.05, 0) is 59.5 Å². The molecule has 0 saturated heterocycles. The Hall–Kier alpha value is -3.51. The lowest BCUT2D eigenvalue weighted by atomic mass is 9.92. The van der Waals surface area contributed by atoms with E-state index in [1.165, 1.54) is 16.6 Å². The molecule has 6 nitrogen and oxygen atoms in total. The third-order valence-corrected chi connectivity index (χ3v) is 6.06. The van der Waals surface area contributed by atoms with Gasteiger partial charge in [0.15, 0.2) is 11.5 Å². The van der Waals surface area contributed by atoms with E-state index in [9.17, 15) is 5.11 Å². The fourth-order valence-corrected chi connectivity index (χ4v) is 4.60. The first-order chi connectivity index (χ1) is 15.2. The van der Waals surface area contributed by atoms with Crippen molar-refractivity contribution < 1.29 is 14.6 Å². The van der Waals surface area contributed by atoms with E-state index in [1.54, 1.807) is 26.5 Å². The average Bonchev–Trinajstić information content (AvgIpc) is 3.17. The predicted octanol–water partition coefficient (Wildman–Crippen LogP) is 4.43. The number of ether oxygens (including phenoxy) is 2. The molecular weight excluding hydrogens is 390 g/mol. The second-order valence-corrected chi connectivity index (χ2v) is 7.84. The highest BCUT2D eigenvalue weighted by molar-refractivity contribution is 5.86. The third-order valence-electron chi connectivity index (χ3n) is 6.06. The lowest BCUT2D eigenvalue weighted by Crippen LogP contribution is -2.35. The van der Waals surface area contributed by atoms with Crippen LogP contribution in [0.1, 0.15) is 28.4 Å². The van der Waals surface area contributed by atoms with Crippen LogP contribution in [0.5, 0.6) is 17.2 Å². The van der Waals surface area contributed by atoms with E-state index in [4.69, 9.17) is 9.47 Å². The number of phenols is 1. The van der Waals surface area contributed by atoms with Gasteiger partial charge >= 0.3 is 0 Å². The second kappa shape index (κ2) is 7.96. The summed E-state index contributed by atoms with van der Waals surface area (Å²) in [6.45, 7) is 1.60. The summed E-state index contributed by atoms with van der Waals surface area (Å²) in [5.74, 6) is 1.51. The largest absolute Gasteiger partial charge is 0.504 e. The van der Waals surface area contributed by atoms with Gasteiger partial charge in [-0.15, -0.1) is 0 Å². The number of hydrogen-bond acceptors (Lipinski definition) is 5. The van der Waals surface area contributed by atoms with E-state index >= 15 is 0 Å². The van der Waals surface area contributed by atoms with E-state index in [0.29, 0.717) is 12.3 Å². The van der Waals surface area contributed by atoms with Gasteiger partial charge in [-0.3, -0.25) is 9.88 Å². The van der Waals surface area contributed by atoms with Crippen LogP contribution >= 0.6 is 0 Å². The van der Waals surface area contributed by atoms with Crippen molar-refractivity contribution in [2.75, 3.05) is 20.8 Å². The molecule has 0 spiro atoms. The first-order valence-corrected chi connectivity index (χ1v) is 10.4. The highest BCUT2D eigenvalue weighted by Gasteiger charge is 2.32. The van der Waals surface area contributed by atoms with E-state index in [0.717, 1.165) is 35.4 Å². The maximum absolute atomic E-state index is 10.2. The number of benzene rings is 2. The van der Waals surface area contributed by atoms with Crippen LogP contribution in [0.3, 0.4) is 0 Å². The van der Waals surface area contributed by atoms with E-state index in [2.05, 4.69) is 33.1 Å². The smallest absolute Gasteiger partial charge is 0.160 e. The fraction of sp³-hybridized carbons (Fsp3) is 0.240. The normalized spacial score (nSPS) is 16.3. The molecule has 158 valence electrons. The number of pyridine rings is 1. The van der Waals surface area contributed by atoms with Crippen LogP contribution in [-0.4, -0.2) is 40.7 Å². The first kappa shape index (κ1) is 19.5. The molecule has 31 heavy (non-hydrogen) atoms. The molecule has 2 aromatic heterocycles. The Morgan fingerprint density at radius 2 is 2.03 bits per heavy atom. The zero-order valence-corrected chi connectivity index (χ0v) is 17.6. The van der Waals surface area contributed by atoms with Crippen LogP contribution in [0.2, 0.25) is 0 Å². The standard InChI is InChI=1S/C25H25N3O3/c1-30-18-6-7-21-20(13-18)19-9-11-28(15-16-5-8-23(31-2)22(29)12-16)25(24(19)27-21)17-4-3-10-26-14-17/h3-8,10,12-14,25,27,29H,9,11,15H2,1-2H3/t25-/m1/s1. The molecule has 0 aliphatic carbocycles. The van der Waals surface area contributed by atoms with Crippen LogP contribution in [0.25, 0.3) is 10.9 Å². The van der Waals surface area contributed by atoms with Gasteiger partial charge in [-0.2, -0.15) is 0 Å². The van der Waals surface area contributed by atoms with Crippen molar-refractivity contribution >= 4 is 10.9 Å². The van der Waals surface area contributed by atoms with Gasteiger partial charge in [0.05, 0.1) is 20.3 Å². The number of hydrogen-bond donors (Lipinski definition) is 2. The van der Waals surface area contributed by atoms with Crippen LogP contribution in [0.4, 0.5) is 0 Å². The molecule has 1 aliphatic heterocycles. The SMILES string of the molecule is COc1ccc2[nH]c3c(c2c1)CCN(Cc1ccc(OC)c(O)c1)[C@@H]3c1cccnc1. The molecule has 5 rings (SSSR count). The number of H-pyrrole nitrogens is 1. The number of nitrogens with one attached hydrogen (secondary N) is 1. The summed E-state index contributed by atoms with van der Waals surface area (Å²) in [5, 5.41) is 11.4. The highest BCUT2D eigenvalue weighted by Crippen LogP contribution is 2.40. The number of nitrogens with zero attached hydrogens (tertiary/aromatic N) is 2. The second-order valence-electron chi connectivity index (χ2n) is 7.84. The number of aromatic nitrogens is 2. The van der Waals surface area contributed by atoms with Crippen molar-refractivity contribution in [1.29, 1.82) is 0 Å². The molecule has 0 unspecified atom stereocenters. The van der Waals surface area contributed by atoms with E-state index in [1.807, 2.05) is 30.5 Å². The predicted molar refractivity (Wildman–Crippen MR) is 120 cm³/mol. The lowest BCUT2D eigenvalue weighted by molar-refractivity contribution is 0.201. The summed E-state index contributed by atoms with van der Waals surface area (Å²) >= 11 is 0. The van der Waals surface area contributed by atoms with Crippen LogP contribution in [0, 0.1) is 0 Å². The van der Waals surface area contributed by atoms with Crippen LogP contribution in [0.15, 0.2) is 60.9 Å². The molecule has 0 saturated carbocycles. The molecule has 0 bridgehead atoms. The molecule has 3 heterocycles. The molecule has 2 aromatic carbocycles. The van der Waals surface area contributed by atoms with Crippen molar-refractivity contribution in [3.05, 3.63) is 83.3 Å². The minimum atomic E-state index is 0.0417. The van der Waals surface area contributed by atoms with Crippen LogP contribution < -0.4 is 9.47 Å². The monoisotopic (exact) mass is 415 g/mol. The lowest BCUT2D eigenvalue weighted by Gasteiger charge is -2.36. The number of fused-ring (bicyclic) bond motifs is 3. The summed E-state index contributed by atoms with van der Waals surface area (Å²) in [5.41, 5.74) is 5.81. The van der Waals surface area contributed by atoms with Gasteiger partial charge in [0.1, 0.15) is 5.75 Å².